The van der Waals surface area contributed by atoms with Crippen molar-refractivity contribution in [3.05, 3.63) is 0 Å². The summed E-state index contributed by atoms with van der Waals surface area (Å²) < 4.78 is 0. The number of rotatable bonds is 3. The zero-order valence-corrected chi connectivity index (χ0v) is 8.26. The number of hydrogen-bond donors (Lipinski definition) is 2. The molecule has 0 radical (unpaired) electrons. The molecular weight excluding hydrogens is 160 g/mol. The van der Waals surface area contributed by atoms with Crippen LogP contribution in [0.5, 0.6) is 0 Å². The average Bonchev–Trinajstić information content (AvgIpc) is 2.42. The SMILES string of the molecule is C#CCC(NN)C1CCCCCC1. The van der Waals surface area contributed by atoms with E-state index in [1.165, 1.54) is 38.5 Å². The van der Waals surface area contributed by atoms with E-state index >= 15 is 0 Å². The Morgan fingerprint density at radius 1 is 1.31 bits per heavy atom. The molecule has 2 nitrogen and oxygen atoms in total. The summed E-state index contributed by atoms with van der Waals surface area (Å²) in [5, 5.41) is 0. The molecule has 1 aliphatic carbocycles. The highest BCUT2D eigenvalue weighted by Gasteiger charge is 2.20. The minimum Gasteiger partial charge on any atom is -0.271 e. The molecule has 0 aromatic heterocycles. The van der Waals surface area contributed by atoms with Gasteiger partial charge in [-0.05, 0) is 18.8 Å². The summed E-state index contributed by atoms with van der Waals surface area (Å²) in [5.74, 6) is 8.89. The highest BCUT2D eigenvalue weighted by Crippen LogP contribution is 2.26. The van der Waals surface area contributed by atoms with Crippen molar-refractivity contribution in [1.82, 2.24) is 5.43 Å². The highest BCUT2D eigenvalue weighted by molar-refractivity contribution is 4.92. The molecule has 1 rings (SSSR count). The van der Waals surface area contributed by atoms with Crippen molar-refractivity contribution < 1.29 is 0 Å². The van der Waals surface area contributed by atoms with Gasteiger partial charge >= 0.3 is 0 Å². The van der Waals surface area contributed by atoms with E-state index in [0.717, 1.165) is 6.42 Å². The fourth-order valence-corrected chi connectivity index (χ4v) is 2.20. The van der Waals surface area contributed by atoms with Crippen LogP contribution in [0.15, 0.2) is 0 Å². The van der Waals surface area contributed by atoms with Crippen LogP contribution in [-0.2, 0) is 0 Å². The molecule has 2 heteroatoms. The summed E-state index contributed by atoms with van der Waals surface area (Å²) in [4.78, 5) is 0. The summed E-state index contributed by atoms with van der Waals surface area (Å²) in [5.41, 5.74) is 2.86. The molecule has 0 aliphatic heterocycles. The first-order valence-electron chi connectivity index (χ1n) is 5.28. The minimum absolute atomic E-state index is 0.336. The van der Waals surface area contributed by atoms with E-state index in [1.807, 2.05) is 0 Å². The number of terminal acetylenes is 1. The van der Waals surface area contributed by atoms with Gasteiger partial charge in [0.25, 0.3) is 0 Å². The fourth-order valence-electron chi connectivity index (χ4n) is 2.20. The predicted octanol–water partition coefficient (Wildman–Crippen LogP) is 1.81. The van der Waals surface area contributed by atoms with E-state index in [-0.39, 0.29) is 0 Å². The van der Waals surface area contributed by atoms with Gasteiger partial charge in [0.1, 0.15) is 0 Å². The van der Waals surface area contributed by atoms with Crippen LogP contribution in [0, 0.1) is 18.3 Å². The molecule has 13 heavy (non-hydrogen) atoms. The lowest BCUT2D eigenvalue weighted by atomic mass is 9.90. The van der Waals surface area contributed by atoms with Crippen molar-refractivity contribution in [2.24, 2.45) is 11.8 Å². The van der Waals surface area contributed by atoms with Gasteiger partial charge in [0.15, 0.2) is 0 Å². The fraction of sp³-hybridized carbons (Fsp3) is 0.818. The molecule has 3 N–H and O–H groups in total. The van der Waals surface area contributed by atoms with Gasteiger partial charge in [-0.15, -0.1) is 12.3 Å². The number of nitrogens with two attached hydrogens (primary N) is 1. The van der Waals surface area contributed by atoms with Crippen LogP contribution in [0.25, 0.3) is 0 Å². The van der Waals surface area contributed by atoms with E-state index < -0.39 is 0 Å². The maximum Gasteiger partial charge on any atom is 0.0348 e. The van der Waals surface area contributed by atoms with Crippen molar-refractivity contribution in [3.8, 4) is 12.3 Å². The lowest BCUT2D eigenvalue weighted by Gasteiger charge is -2.23. The number of nitrogens with one attached hydrogen (secondary N) is 1. The van der Waals surface area contributed by atoms with Crippen LogP contribution < -0.4 is 11.3 Å². The molecule has 0 spiro atoms. The van der Waals surface area contributed by atoms with Crippen LogP contribution in [0.2, 0.25) is 0 Å². The topological polar surface area (TPSA) is 38.0 Å². The number of hydrazine groups is 1. The minimum atomic E-state index is 0.336. The van der Waals surface area contributed by atoms with Crippen molar-refractivity contribution in [2.75, 3.05) is 0 Å². The van der Waals surface area contributed by atoms with E-state index in [4.69, 9.17) is 12.3 Å². The molecule has 1 unspecified atom stereocenters. The first kappa shape index (κ1) is 10.6. The zero-order valence-electron chi connectivity index (χ0n) is 8.26. The monoisotopic (exact) mass is 180 g/mol. The van der Waals surface area contributed by atoms with E-state index in [2.05, 4.69) is 11.3 Å². The predicted molar refractivity (Wildman–Crippen MR) is 55.8 cm³/mol. The van der Waals surface area contributed by atoms with Gasteiger partial charge in [0.2, 0.25) is 0 Å². The molecule has 1 atom stereocenters. The average molecular weight is 180 g/mol. The zero-order chi connectivity index (χ0) is 9.52. The third kappa shape index (κ3) is 3.38. The van der Waals surface area contributed by atoms with Gasteiger partial charge < -0.3 is 0 Å². The first-order valence-corrected chi connectivity index (χ1v) is 5.28. The lowest BCUT2D eigenvalue weighted by Crippen LogP contribution is -2.40. The first-order chi connectivity index (χ1) is 6.38. The molecule has 0 bridgehead atoms. The lowest BCUT2D eigenvalue weighted by molar-refractivity contribution is 0.327. The maximum atomic E-state index is 5.50. The van der Waals surface area contributed by atoms with Gasteiger partial charge in [-0.2, -0.15) is 0 Å². The van der Waals surface area contributed by atoms with Crippen LogP contribution in [0.1, 0.15) is 44.9 Å². The van der Waals surface area contributed by atoms with Crippen LogP contribution in [0.4, 0.5) is 0 Å². The third-order valence-corrected chi connectivity index (χ3v) is 3.02. The van der Waals surface area contributed by atoms with Gasteiger partial charge in [0.05, 0.1) is 0 Å². The molecule has 0 aromatic rings. The Morgan fingerprint density at radius 3 is 2.38 bits per heavy atom. The second-order valence-corrected chi connectivity index (χ2v) is 3.93. The van der Waals surface area contributed by atoms with Crippen molar-refractivity contribution in [3.63, 3.8) is 0 Å². The van der Waals surface area contributed by atoms with E-state index in [0.29, 0.717) is 12.0 Å². The van der Waals surface area contributed by atoms with Gasteiger partial charge in [-0.1, -0.05) is 25.7 Å². The largest absolute Gasteiger partial charge is 0.271 e. The van der Waals surface area contributed by atoms with Crippen LogP contribution in [-0.4, -0.2) is 6.04 Å². The van der Waals surface area contributed by atoms with E-state index in [9.17, 15) is 0 Å². The molecular formula is C11H20N2. The summed E-state index contributed by atoms with van der Waals surface area (Å²) in [6.07, 6.45) is 14.1. The summed E-state index contributed by atoms with van der Waals surface area (Å²) >= 11 is 0. The second-order valence-electron chi connectivity index (χ2n) is 3.93. The molecule has 0 saturated heterocycles. The summed E-state index contributed by atoms with van der Waals surface area (Å²) in [6.45, 7) is 0. The molecule has 0 heterocycles. The Hall–Kier alpha value is -0.520. The van der Waals surface area contributed by atoms with Crippen LogP contribution >= 0.6 is 0 Å². The molecule has 0 amide bonds. The third-order valence-electron chi connectivity index (χ3n) is 3.02. The van der Waals surface area contributed by atoms with Gasteiger partial charge in [0, 0.05) is 12.5 Å². The Balaban J connectivity index is 2.41. The molecule has 74 valence electrons. The normalized spacial score (nSPS) is 21.8. The molecule has 1 fully saturated rings. The quantitative estimate of drug-likeness (QED) is 0.301. The summed E-state index contributed by atoms with van der Waals surface area (Å²) in [7, 11) is 0. The van der Waals surface area contributed by atoms with Gasteiger partial charge in [-0.3, -0.25) is 11.3 Å². The Bertz CT molecular complexity index is 163. The maximum absolute atomic E-state index is 5.50. The highest BCUT2D eigenvalue weighted by atomic mass is 15.2. The smallest absolute Gasteiger partial charge is 0.0348 e. The molecule has 1 aliphatic rings. The standard InChI is InChI=1S/C11H20N2/c1-2-7-11(13-12)10-8-5-3-4-6-9-10/h1,10-11,13H,3-9,12H2. The Morgan fingerprint density at radius 2 is 1.92 bits per heavy atom. The van der Waals surface area contributed by atoms with Gasteiger partial charge in [-0.25, -0.2) is 0 Å². The Kier molecular flexibility index (Phi) is 4.88. The van der Waals surface area contributed by atoms with E-state index in [1.54, 1.807) is 0 Å². The van der Waals surface area contributed by atoms with Crippen molar-refractivity contribution >= 4 is 0 Å². The molecule has 0 aromatic carbocycles. The second kappa shape index (κ2) is 6.01. The van der Waals surface area contributed by atoms with Crippen molar-refractivity contribution in [1.29, 1.82) is 0 Å². The molecule has 1 saturated carbocycles. The van der Waals surface area contributed by atoms with Crippen LogP contribution in [0.3, 0.4) is 0 Å². The summed E-state index contributed by atoms with van der Waals surface area (Å²) in [6, 6.07) is 0.336. The van der Waals surface area contributed by atoms with Crippen molar-refractivity contribution in [2.45, 2.75) is 51.0 Å². The number of hydrogen-bond acceptors (Lipinski definition) is 2. The Labute approximate surface area is 81.2 Å².